The van der Waals surface area contributed by atoms with Crippen molar-refractivity contribution in [2.75, 3.05) is 11.0 Å². The first-order valence-electron chi connectivity index (χ1n) is 9.35. The van der Waals surface area contributed by atoms with Crippen LogP contribution in [-0.2, 0) is 15.9 Å². The number of anilines is 1. The highest BCUT2D eigenvalue weighted by Crippen LogP contribution is 2.30. The molecule has 0 radical (unpaired) electrons. The molecule has 0 saturated heterocycles. The Kier molecular flexibility index (Phi) is 6.21. The third-order valence-corrected chi connectivity index (χ3v) is 7.86. The molecule has 3 aromatic heterocycles. The van der Waals surface area contributed by atoms with Gasteiger partial charge in [0, 0.05) is 44.9 Å². The third kappa shape index (κ3) is 5.21. The minimum absolute atomic E-state index is 0.336. The molecule has 12 heteroatoms. The minimum atomic E-state index is -4.54. The van der Waals surface area contributed by atoms with Gasteiger partial charge < -0.3 is 4.52 Å². The molecule has 4 rings (SSSR count). The number of nitrogens with one attached hydrogen (secondary N) is 1. The standard InChI is InChI=1S/C21H16ClF3N4O2S2/c1-12(14-5-8-19(26-10-14)21(23,24)25)33(2,30)29-20-27-17(11-32-20)18-9-16(28-31-18)13-3-6-15(22)7-4-13/h3-11H,1-2H3,(H,27,29,30). The Morgan fingerprint density at radius 3 is 2.52 bits per heavy atom. The van der Waals surface area contributed by atoms with E-state index in [1.807, 2.05) is 12.1 Å². The van der Waals surface area contributed by atoms with Crippen LogP contribution < -0.4 is 4.72 Å². The van der Waals surface area contributed by atoms with Crippen LogP contribution in [0.3, 0.4) is 0 Å². The average Bonchev–Trinajstić information content (AvgIpc) is 3.42. The van der Waals surface area contributed by atoms with Crippen molar-refractivity contribution in [2.24, 2.45) is 0 Å². The molecule has 0 spiro atoms. The zero-order chi connectivity index (χ0) is 23.8. The van der Waals surface area contributed by atoms with Gasteiger partial charge in [0.2, 0.25) is 0 Å². The average molecular weight is 513 g/mol. The van der Waals surface area contributed by atoms with Gasteiger partial charge in [0.1, 0.15) is 17.1 Å². The van der Waals surface area contributed by atoms with Gasteiger partial charge in [0.25, 0.3) is 0 Å². The molecule has 1 aromatic carbocycles. The number of aromatic nitrogens is 3. The second-order valence-corrected chi connectivity index (χ2v) is 10.9. The van der Waals surface area contributed by atoms with Crippen LogP contribution >= 0.6 is 22.9 Å². The molecule has 0 aliphatic heterocycles. The van der Waals surface area contributed by atoms with Crippen LogP contribution in [0.4, 0.5) is 18.3 Å². The Morgan fingerprint density at radius 2 is 1.88 bits per heavy atom. The van der Waals surface area contributed by atoms with Gasteiger partial charge in [0.15, 0.2) is 10.9 Å². The first-order valence-corrected chi connectivity index (χ1v) is 12.6. The summed E-state index contributed by atoms with van der Waals surface area (Å²) in [5, 5.41) is 6.74. The summed E-state index contributed by atoms with van der Waals surface area (Å²) >= 11 is 7.12. The molecule has 1 atom stereocenters. The number of pyridine rings is 1. The van der Waals surface area contributed by atoms with Gasteiger partial charge in [-0.3, -0.25) is 9.71 Å². The van der Waals surface area contributed by atoms with Crippen LogP contribution in [0.2, 0.25) is 5.02 Å². The second kappa shape index (κ2) is 8.81. The van der Waals surface area contributed by atoms with E-state index in [1.54, 1.807) is 30.5 Å². The van der Waals surface area contributed by atoms with E-state index in [1.165, 1.54) is 23.7 Å². The highest BCUT2D eigenvalue weighted by atomic mass is 35.5. The topological polar surface area (TPSA) is 80.9 Å². The number of alkyl halides is 3. The molecule has 4 aromatic rings. The first-order chi connectivity index (χ1) is 15.5. The predicted octanol–water partition coefficient (Wildman–Crippen LogP) is 6.01. The van der Waals surface area contributed by atoms with Crippen LogP contribution in [0.5, 0.6) is 0 Å². The lowest BCUT2D eigenvalue weighted by Crippen LogP contribution is -2.20. The van der Waals surface area contributed by atoms with Crippen molar-refractivity contribution >= 4 is 42.6 Å². The molecular formula is C21H16ClF3N4O2S2. The Morgan fingerprint density at radius 1 is 1.15 bits per heavy atom. The monoisotopic (exact) mass is 512 g/mol. The first kappa shape index (κ1) is 23.3. The number of hydrogen-bond donors (Lipinski definition) is 1. The molecule has 6 nitrogen and oxygen atoms in total. The van der Waals surface area contributed by atoms with E-state index in [-0.39, 0.29) is 0 Å². The summed E-state index contributed by atoms with van der Waals surface area (Å²) in [6.45, 7) is 1.57. The van der Waals surface area contributed by atoms with E-state index in [0.29, 0.717) is 37.7 Å². The highest BCUT2D eigenvalue weighted by molar-refractivity contribution is 8.03. The quantitative estimate of drug-likeness (QED) is 0.261. The molecule has 0 bridgehead atoms. The molecule has 0 fully saturated rings. The molecule has 33 heavy (non-hydrogen) atoms. The number of rotatable bonds is 5. The van der Waals surface area contributed by atoms with Gasteiger partial charge in [-0.1, -0.05) is 35.0 Å². The van der Waals surface area contributed by atoms with E-state index in [2.05, 4.69) is 19.8 Å². The molecule has 1 N–H and O–H groups in total. The van der Waals surface area contributed by atoms with Gasteiger partial charge in [-0.15, -0.1) is 11.3 Å². The third-order valence-electron chi connectivity index (χ3n) is 4.73. The number of nitrogens with zero attached hydrogens (tertiary/aromatic N) is 3. The summed E-state index contributed by atoms with van der Waals surface area (Å²) in [6, 6.07) is 11.0. The van der Waals surface area contributed by atoms with Gasteiger partial charge in [-0.2, -0.15) is 13.2 Å². The summed E-state index contributed by atoms with van der Waals surface area (Å²) < 4.78 is 59.7. The Bertz CT molecular complexity index is 1400. The molecule has 1 unspecified atom stereocenters. The fourth-order valence-electron chi connectivity index (χ4n) is 2.82. The van der Waals surface area contributed by atoms with E-state index in [9.17, 15) is 17.4 Å². The lowest BCUT2D eigenvalue weighted by atomic mass is 10.1. The van der Waals surface area contributed by atoms with Crippen molar-refractivity contribution in [1.82, 2.24) is 15.1 Å². The van der Waals surface area contributed by atoms with Crippen LogP contribution in [0.15, 0.2) is 58.6 Å². The molecule has 172 valence electrons. The molecular weight excluding hydrogens is 497 g/mol. The summed E-state index contributed by atoms with van der Waals surface area (Å²) in [4.78, 5) is 8.19. The fourth-order valence-corrected chi connectivity index (χ4v) is 5.27. The van der Waals surface area contributed by atoms with Crippen molar-refractivity contribution in [1.29, 1.82) is 0 Å². The minimum Gasteiger partial charge on any atom is -0.354 e. The van der Waals surface area contributed by atoms with Crippen LogP contribution in [0, 0.1) is 0 Å². The van der Waals surface area contributed by atoms with Crippen molar-refractivity contribution in [3.05, 3.63) is 70.3 Å². The van der Waals surface area contributed by atoms with Crippen molar-refractivity contribution < 1.29 is 21.9 Å². The lowest BCUT2D eigenvalue weighted by molar-refractivity contribution is -0.141. The predicted molar refractivity (Wildman–Crippen MR) is 125 cm³/mol. The zero-order valence-corrected chi connectivity index (χ0v) is 19.6. The largest absolute Gasteiger partial charge is 0.433 e. The molecule has 3 heterocycles. The Labute approximate surface area is 196 Å². The van der Waals surface area contributed by atoms with Crippen molar-refractivity contribution in [2.45, 2.75) is 13.1 Å². The van der Waals surface area contributed by atoms with Gasteiger partial charge in [0.05, 0.1) is 9.71 Å². The van der Waals surface area contributed by atoms with E-state index >= 15 is 0 Å². The fraction of sp³-hybridized carbons (Fsp3) is 0.143. The Hall–Kier alpha value is -2.89. The smallest absolute Gasteiger partial charge is 0.354 e. The van der Waals surface area contributed by atoms with E-state index < -0.39 is 21.6 Å². The van der Waals surface area contributed by atoms with Gasteiger partial charge in [-0.05, 0) is 25.1 Å². The van der Waals surface area contributed by atoms with E-state index in [4.69, 9.17) is 16.1 Å². The lowest BCUT2D eigenvalue weighted by Gasteiger charge is -2.12. The summed E-state index contributed by atoms with van der Waals surface area (Å²) in [6.07, 6.45) is -2.03. The number of benzene rings is 1. The Balaban J connectivity index is 1.55. The van der Waals surface area contributed by atoms with Crippen molar-refractivity contribution in [3.8, 4) is 22.7 Å². The van der Waals surface area contributed by atoms with Crippen molar-refractivity contribution in [3.63, 3.8) is 0 Å². The number of halogens is 4. The molecule has 0 aliphatic rings. The SMILES string of the molecule is CC(c1ccc(C(F)(F)F)nc1)=S(C)(=O)Nc1nc(-c2cc(-c3ccc(Cl)cc3)no2)cs1. The van der Waals surface area contributed by atoms with Gasteiger partial charge >= 0.3 is 6.18 Å². The maximum Gasteiger partial charge on any atom is 0.433 e. The second-order valence-electron chi connectivity index (χ2n) is 7.05. The number of thiazole rings is 1. The van der Waals surface area contributed by atoms with Crippen LogP contribution in [-0.4, -0.2) is 30.5 Å². The summed E-state index contributed by atoms with van der Waals surface area (Å²) in [7, 11) is -2.84. The zero-order valence-electron chi connectivity index (χ0n) is 17.2. The van der Waals surface area contributed by atoms with Crippen LogP contribution in [0.1, 0.15) is 18.2 Å². The molecule has 0 aliphatic carbocycles. The highest BCUT2D eigenvalue weighted by Gasteiger charge is 2.32. The molecule has 0 saturated carbocycles. The summed E-state index contributed by atoms with van der Waals surface area (Å²) in [5.41, 5.74) is 1.27. The molecule has 0 amide bonds. The number of hydrogen-bond acceptors (Lipinski definition) is 6. The maximum absolute atomic E-state index is 13.2. The maximum atomic E-state index is 13.2. The normalized spacial score (nSPS) is 13.5. The summed E-state index contributed by atoms with van der Waals surface area (Å²) in [5.74, 6) is 0.430. The van der Waals surface area contributed by atoms with E-state index in [0.717, 1.165) is 17.8 Å². The van der Waals surface area contributed by atoms with Gasteiger partial charge in [-0.25, -0.2) is 9.19 Å². The van der Waals surface area contributed by atoms with Crippen LogP contribution in [0.25, 0.3) is 22.7 Å².